The molecular weight excluding hydrogens is 400 g/mol. The van der Waals surface area contributed by atoms with E-state index in [9.17, 15) is 14.4 Å². The van der Waals surface area contributed by atoms with Crippen molar-refractivity contribution < 1.29 is 19.1 Å². The maximum Gasteiger partial charge on any atom is 0.306 e. The molecule has 1 aliphatic carbocycles. The van der Waals surface area contributed by atoms with Crippen LogP contribution in [-0.2, 0) is 14.9 Å². The van der Waals surface area contributed by atoms with E-state index in [4.69, 9.17) is 4.74 Å². The molecule has 0 aliphatic heterocycles. The predicted molar refractivity (Wildman–Crippen MR) is 126 cm³/mol. The van der Waals surface area contributed by atoms with Crippen molar-refractivity contribution in [3.05, 3.63) is 70.3 Å². The zero-order chi connectivity index (χ0) is 23.3. The fourth-order valence-corrected chi connectivity index (χ4v) is 4.33. The number of unbranched alkanes of at least 4 members (excludes halogenated alkanes) is 1. The Morgan fingerprint density at radius 1 is 0.938 bits per heavy atom. The minimum atomic E-state index is -0.142. The summed E-state index contributed by atoms with van der Waals surface area (Å²) in [6.07, 6.45) is 5.24. The normalized spacial score (nSPS) is 14.0. The van der Waals surface area contributed by atoms with Crippen LogP contribution in [0.15, 0.2) is 42.5 Å². The zero-order valence-electron chi connectivity index (χ0n) is 19.7. The number of hydrogen-bond donors (Lipinski definition) is 0. The molecule has 1 atom stereocenters. The SMILES string of the molecule is CCCCOC(=O)CC(C)CCCC(C)(C)c1ccc2c(c1)C(=O)c1ccccc1C2=O. The average molecular weight is 435 g/mol. The summed E-state index contributed by atoms with van der Waals surface area (Å²) in [6.45, 7) is 9.02. The third-order valence-corrected chi connectivity index (χ3v) is 6.48. The van der Waals surface area contributed by atoms with Gasteiger partial charge in [0.05, 0.1) is 6.61 Å². The van der Waals surface area contributed by atoms with Gasteiger partial charge < -0.3 is 4.74 Å². The predicted octanol–water partition coefficient (Wildman–Crippen LogP) is 6.28. The second kappa shape index (κ2) is 10.2. The van der Waals surface area contributed by atoms with Crippen molar-refractivity contribution in [3.8, 4) is 0 Å². The van der Waals surface area contributed by atoms with Gasteiger partial charge in [-0.3, -0.25) is 14.4 Å². The maximum atomic E-state index is 13.0. The molecule has 4 nitrogen and oxygen atoms in total. The topological polar surface area (TPSA) is 60.4 Å². The van der Waals surface area contributed by atoms with Gasteiger partial charge in [0.15, 0.2) is 11.6 Å². The summed E-state index contributed by atoms with van der Waals surface area (Å²) in [7, 11) is 0. The smallest absolute Gasteiger partial charge is 0.306 e. The van der Waals surface area contributed by atoms with E-state index in [1.165, 1.54) is 0 Å². The molecule has 2 aromatic rings. The number of ether oxygens (including phenoxy) is 1. The Morgan fingerprint density at radius 3 is 2.22 bits per heavy atom. The molecule has 0 aromatic heterocycles. The lowest BCUT2D eigenvalue weighted by Gasteiger charge is -2.28. The van der Waals surface area contributed by atoms with E-state index in [-0.39, 0.29) is 28.9 Å². The fourth-order valence-electron chi connectivity index (χ4n) is 4.33. The molecule has 0 spiro atoms. The number of fused-ring (bicyclic) bond motifs is 2. The number of hydrogen-bond acceptors (Lipinski definition) is 4. The Bertz CT molecular complexity index is 1000. The second-order valence-electron chi connectivity index (χ2n) is 9.62. The van der Waals surface area contributed by atoms with Crippen LogP contribution in [0.5, 0.6) is 0 Å². The summed E-state index contributed by atoms with van der Waals surface area (Å²) in [5.74, 6) is 0.00443. The highest BCUT2D eigenvalue weighted by atomic mass is 16.5. The lowest BCUT2D eigenvalue weighted by atomic mass is 9.76. The summed E-state index contributed by atoms with van der Waals surface area (Å²) in [5, 5.41) is 0. The van der Waals surface area contributed by atoms with Crippen molar-refractivity contribution in [2.75, 3.05) is 6.61 Å². The minimum Gasteiger partial charge on any atom is -0.466 e. The first-order valence-corrected chi connectivity index (χ1v) is 11.7. The average Bonchev–Trinajstić information content (AvgIpc) is 2.77. The molecule has 0 fully saturated rings. The van der Waals surface area contributed by atoms with Gasteiger partial charge in [-0.15, -0.1) is 0 Å². The van der Waals surface area contributed by atoms with Gasteiger partial charge in [0, 0.05) is 28.7 Å². The number of carbonyl (C=O) groups is 3. The third-order valence-electron chi connectivity index (χ3n) is 6.48. The largest absolute Gasteiger partial charge is 0.466 e. The van der Waals surface area contributed by atoms with Gasteiger partial charge in [0.25, 0.3) is 0 Å². The molecule has 0 amide bonds. The van der Waals surface area contributed by atoms with E-state index in [1.807, 2.05) is 12.1 Å². The number of ketones is 2. The molecule has 0 N–H and O–H groups in total. The van der Waals surface area contributed by atoms with Gasteiger partial charge in [-0.2, -0.15) is 0 Å². The molecule has 0 saturated carbocycles. The quantitative estimate of drug-likeness (QED) is 0.278. The lowest BCUT2D eigenvalue weighted by molar-refractivity contribution is -0.144. The molecule has 4 heteroatoms. The Balaban J connectivity index is 1.62. The molecule has 2 aromatic carbocycles. The van der Waals surface area contributed by atoms with Crippen LogP contribution in [-0.4, -0.2) is 24.1 Å². The van der Waals surface area contributed by atoms with Crippen molar-refractivity contribution in [2.24, 2.45) is 5.92 Å². The third kappa shape index (κ3) is 5.35. The lowest BCUT2D eigenvalue weighted by Crippen LogP contribution is -2.23. The zero-order valence-corrected chi connectivity index (χ0v) is 19.7. The molecule has 1 aliphatic rings. The van der Waals surface area contributed by atoms with E-state index in [1.54, 1.807) is 30.3 Å². The van der Waals surface area contributed by atoms with Gasteiger partial charge in [0.2, 0.25) is 0 Å². The highest BCUT2D eigenvalue weighted by molar-refractivity contribution is 6.28. The van der Waals surface area contributed by atoms with Gasteiger partial charge in [-0.25, -0.2) is 0 Å². The summed E-state index contributed by atoms with van der Waals surface area (Å²) in [6, 6.07) is 12.7. The number of benzene rings is 2. The van der Waals surface area contributed by atoms with E-state index in [2.05, 4.69) is 27.7 Å². The van der Waals surface area contributed by atoms with Crippen LogP contribution in [0.3, 0.4) is 0 Å². The minimum absolute atomic E-state index is 0.0805. The van der Waals surface area contributed by atoms with Gasteiger partial charge in [-0.05, 0) is 41.9 Å². The summed E-state index contributed by atoms with van der Waals surface area (Å²) >= 11 is 0. The van der Waals surface area contributed by atoms with Crippen LogP contribution >= 0.6 is 0 Å². The maximum absolute atomic E-state index is 13.0. The van der Waals surface area contributed by atoms with Crippen LogP contribution in [0, 0.1) is 5.92 Å². The first kappa shape index (κ1) is 23.9. The van der Waals surface area contributed by atoms with Crippen molar-refractivity contribution in [1.29, 1.82) is 0 Å². The Morgan fingerprint density at radius 2 is 1.56 bits per heavy atom. The molecule has 0 heterocycles. The number of rotatable bonds is 10. The first-order chi connectivity index (χ1) is 15.2. The highest BCUT2D eigenvalue weighted by Crippen LogP contribution is 2.34. The Kier molecular flexibility index (Phi) is 7.65. The molecule has 170 valence electrons. The highest BCUT2D eigenvalue weighted by Gasteiger charge is 2.31. The first-order valence-electron chi connectivity index (χ1n) is 11.7. The van der Waals surface area contributed by atoms with E-state index in [0.29, 0.717) is 35.3 Å². The second-order valence-corrected chi connectivity index (χ2v) is 9.62. The standard InChI is InChI=1S/C28H34O4/c1-5-6-16-32-25(29)17-19(2)10-9-15-28(3,4)20-13-14-23-24(18-20)27(31)22-12-8-7-11-21(22)26(23)30/h7-8,11-14,18-19H,5-6,9-10,15-17H2,1-4H3. The van der Waals surface area contributed by atoms with Crippen LogP contribution in [0.25, 0.3) is 0 Å². The van der Waals surface area contributed by atoms with Gasteiger partial charge in [0.1, 0.15) is 0 Å². The number of esters is 1. The summed E-state index contributed by atoms with van der Waals surface area (Å²) in [5.41, 5.74) is 2.88. The fraction of sp³-hybridized carbons (Fsp3) is 0.464. The van der Waals surface area contributed by atoms with Crippen LogP contribution in [0.4, 0.5) is 0 Å². The molecule has 0 radical (unpaired) electrons. The summed E-state index contributed by atoms with van der Waals surface area (Å²) in [4.78, 5) is 37.8. The molecule has 3 rings (SSSR count). The Hall–Kier alpha value is -2.75. The summed E-state index contributed by atoms with van der Waals surface area (Å²) < 4.78 is 5.27. The molecule has 1 unspecified atom stereocenters. The van der Waals surface area contributed by atoms with Crippen molar-refractivity contribution in [3.63, 3.8) is 0 Å². The molecule has 0 saturated heterocycles. The molecule has 0 bridgehead atoms. The van der Waals surface area contributed by atoms with E-state index in [0.717, 1.165) is 37.7 Å². The van der Waals surface area contributed by atoms with Crippen LogP contribution in [0.2, 0.25) is 0 Å². The number of carbonyl (C=O) groups excluding carboxylic acids is 3. The van der Waals surface area contributed by atoms with Gasteiger partial charge in [-0.1, -0.05) is 77.3 Å². The van der Waals surface area contributed by atoms with E-state index >= 15 is 0 Å². The van der Waals surface area contributed by atoms with Crippen LogP contribution < -0.4 is 0 Å². The van der Waals surface area contributed by atoms with Crippen molar-refractivity contribution >= 4 is 17.5 Å². The molecular formula is C28H34O4. The molecule has 32 heavy (non-hydrogen) atoms. The van der Waals surface area contributed by atoms with Crippen LogP contribution in [0.1, 0.15) is 104 Å². The van der Waals surface area contributed by atoms with Crippen molar-refractivity contribution in [1.82, 2.24) is 0 Å². The Labute approximate surface area is 191 Å². The van der Waals surface area contributed by atoms with E-state index < -0.39 is 0 Å². The monoisotopic (exact) mass is 434 g/mol. The van der Waals surface area contributed by atoms with Gasteiger partial charge >= 0.3 is 5.97 Å². The van der Waals surface area contributed by atoms with Crippen molar-refractivity contribution in [2.45, 2.75) is 71.6 Å².